The summed E-state index contributed by atoms with van der Waals surface area (Å²) in [6, 6.07) is 0. The minimum Gasteiger partial charge on any atom is -0.199 e. The van der Waals surface area contributed by atoms with Gasteiger partial charge in [0, 0.05) is 11.2 Å². The Morgan fingerprint density at radius 2 is 1.59 bits per heavy atom. The molecule has 2 aliphatic carbocycles. The topological polar surface area (TPSA) is 0 Å². The van der Waals surface area contributed by atoms with Gasteiger partial charge in [0.05, 0.1) is 0 Å². The van der Waals surface area contributed by atoms with Gasteiger partial charge in [0.1, 0.15) is 0 Å². The summed E-state index contributed by atoms with van der Waals surface area (Å²) in [7, 11) is 0. The molecular formula is C12H16F4S. The minimum absolute atomic E-state index is 0.0479. The second-order valence-electron chi connectivity index (χ2n) is 6.32. The summed E-state index contributed by atoms with van der Waals surface area (Å²) in [5.74, 6) is -3.46. The van der Waals surface area contributed by atoms with Crippen LogP contribution < -0.4 is 0 Å². The monoisotopic (exact) mass is 268 g/mol. The zero-order valence-corrected chi connectivity index (χ0v) is 10.7. The Morgan fingerprint density at radius 1 is 1.00 bits per heavy atom. The number of alkyl halides is 4. The molecule has 3 atom stereocenters. The predicted octanol–water partition coefficient (Wildman–Crippen LogP) is 4.55. The van der Waals surface area contributed by atoms with Crippen molar-refractivity contribution in [2.24, 2.45) is 17.3 Å². The zero-order chi connectivity index (χ0) is 12.7. The number of hydrogen-bond donors (Lipinski definition) is 0. The number of fused-ring (bicyclic) bond motifs is 3. The molecule has 2 bridgehead atoms. The van der Waals surface area contributed by atoms with Crippen molar-refractivity contribution in [2.45, 2.75) is 55.5 Å². The highest BCUT2D eigenvalue weighted by Gasteiger charge is 2.77. The highest BCUT2D eigenvalue weighted by atomic mass is 32.2. The molecule has 17 heavy (non-hydrogen) atoms. The molecule has 0 N–H and O–H groups in total. The summed E-state index contributed by atoms with van der Waals surface area (Å²) in [5.41, 5.74) is -0.399. The Morgan fingerprint density at radius 3 is 2.00 bits per heavy atom. The normalized spacial score (nSPS) is 49.1. The summed E-state index contributed by atoms with van der Waals surface area (Å²) in [6.07, 6.45) is 2.06. The molecule has 1 aliphatic heterocycles. The van der Waals surface area contributed by atoms with Gasteiger partial charge in [-0.25, -0.2) is 0 Å². The van der Waals surface area contributed by atoms with E-state index in [0.717, 1.165) is 19.3 Å². The van der Waals surface area contributed by atoms with Gasteiger partial charge >= 0.3 is 11.2 Å². The first kappa shape index (κ1) is 12.1. The van der Waals surface area contributed by atoms with Gasteiger partial charge in [0.2, 0.25) is 0 Å². The SMILES string of the molecule is CC1(C)C2CCC(C2)C12CC(F)(F)C(F)(F)S2. The Balaban J connectivity index is 2.05. The fourth-order valence-corrected chi connectivity index (χ4v) is 6.03. The van der Waals surface area contributed by atoms with E-state index in [0.29, 0.717) is 5.92 Å². The van der Waals surface area contributed by atoms with E-state index in [1.165, 1.54) is 0 Å². The second-order valence-corrected chi connectivity index (χ2v) is 7.76. The van der Waals surface area contributed by atoms with Gasteiger partial charge in [-0.05, 0) is 36.5 Å². The van der Waals surface area contributed by atoms with Gasteiger partial charge in [-0.15, -0.1) is 0 Å². The van der Waals surface area contributed by atoms with Crippen LogP contribution in [0.1, 0.15) is 39.5 Å². The third kappa shape index (κ3) is 1.22. The molecule has 0 aromatic carbocycles. The van der Waals surface area contributed by atoms with Crippen LogP contribution in [-0.2, 0) is 0 Å². The van der Waals surface area contributed by atoms with E-state index in [-0.39, 0.29) is 17.7 Å². The van der Waals surface area contributed by atoms with Crippen molar-refractivity contribution < 1.29 is 17.6 Å². The van der Waals surface area contributed by atoms with Crippen LogP contribution in [0.2, 0.25) is 0 Å². The Bertz CT molecular complexity index is 348. The van der Waals surface area contributed by atoms with Crippen molar-refractivity contribution in [2.75, 3.05) is 0 Å². The molecule has 0 amide bonds. The van der Waals surface area contributed by atoms with Crippen LogP contribution in [0.15, 0.2) is 0 Å². The van der Waals surface area contributed by atoms with E-state index in [1.807, 2.05) is 13.8 Å². The first-order valence-corrected chi connectivity index (χ1v) is 6.90. The van der Waals surface area contributed by atoms with E-state index >= 15 is 0 Å². The number of hydrogen-bond acceptors (Lipinski definition) is 1. The van der Waals surface area contributed by atoms with Crippen molar-refractivity contribution >= 4 is 11.8 Å². The van der Waals surface area contributed by atoms with E-state index in [2.05, 4.69) is 0 Å². The molecule has 3 unspecified atom stereocenters. The molecule has 5 heteroatoms. The van der Waals surface area contributed by atoms with Crippen molar-refractivity contribution in [1.82, 2.24) is 0 Å². The smallest absolute Gasteiger partial charge is 0.199 e. The molecule has 0 radical (unpaired) electrons. The number of rotatable bonds is 0. The van der Waals surface area contributed by atoms with Gasteiger partial charge in [-0.1, -0.05) is 25.6 Å². The molecule has 0 aromatic rings. The fourth-order valence-electron chi connectivity index (χ4n) is 4.29. The minimum atomic E-state index is -3.89. The van der Waals surface area contributed by atoms with Crippen LogP contribution in [0, 0.1) is 17.3 Å². The maximum atomic E-state index is 13.5. The van der Waals surface area contributed by atoms with Crippen molar-refractivity contribution in [3.63, 3.8) is 0 Å². The molecule has 1 spiro atoms. The van der Waals surface area contributed by atoms with Crippen LogP contribution in [0.3, 0.4) is 0 Å². The standard InChI is InChI=1S/C12H16F4S/c1-9(2)7-3-4-8(5-7)10(9)6-11(13,14)12(15,16)17-10/h7-8H,3-6H2,1-2H3. The quantitative estimate of drug-likeness (QED) is 0.581. The van der Waals surface area contributed by atoms with Crippen LogP contribution in [0.25, 0.3) is 0 Å². The van der Waals surface area contributed by atoms with E-state index in [9.17, 15) is 17.6 Å². The largest absolute Gasteiger partial charge is 0.356 e. The first-order chi connectivity index (χ1) is 7.62. The van der Waals surface area contributed by atoms with E-state index in [1.54, 1.807) is 0 Å². The summed E-state index contributed by atoms with van der Waals surface area (Å²) in [4.78, 5) is 0. The molecule has 2 saturated carbocycles. The number of halogens is 4. The van der Waals surface area contributed by atoms with Crippen molar-refractivity contribution in [3.05, 3.63) is 0 Å². The molecule has 0 nitrogen and oxygen atoms in total. The average Bonchev–Trinajstić information content (AvgIpc) is 2.72. The lowest BCUT2D eigenvalue weighted by Gasteiger charge is -2.46. The highest BCUT2D eigenvalue weighted by Crippen LogP contribution is 2.76. The van der Waals surface area contributed by atoms with Crippen molar-refractivity contribution in [1.29, 1.82) is 0 Å². The van der Waals surface area contributed by atoms with Gasteiger partial charge < -0.3 is 0 Å². The zero-order valence-electron chi connectivity index (χ0n) is 9.90. The molecular weight excluding hydrogens is 252 g/mol. The third-order valence-electron chi connectivity index (χ3n) is 5.42. The highest BCUT2D eigenvalue weighted by molar-refractivity contribution is 8.02. The Kier molecular flexibility index (Phi) is 2.12. The summed E-state index contributed by atoms with van der Waals surface area (Å²) >= 11 is 0.271. The molecule has 3 fully saturated rings. The summed E-state index contributed by atoms with van der Waals surface area (Å²) in [5, 5.41) is -3.89. The van der Waals surface area contributed by atoms with Crippen LogP contribution in [-0.4, -0.2) is 15.9 Å². The maximum absolute atomic E-state index is 13.5. The van der Waals surface area contributed by atoms with Gasteiger partial charge in [-0.2, -0.15) is 17.6 Å². The average molecular weight is 268 g/mol. The van der Waals surface area contributed by atoms with E-state index in [4.69, 9.17) is 0 Å². The van der Waals surface area contributed by atoms with Gasteiger partial charge in [0.15, 0.2) is 0 Å². The second kappa shape index (κ2) is 2.97. The summed E-state index contributed by atoms with van der Waals surface area (Å²) in [6.45, 7) is 3.81. The van der Waals surface area contributed by atoms with Crippen LogP contribution in [0.4, 0.5) is 17.6 Å². The maximum Gasteiger partial charge on any atom is 0.356 e. The van der Waals surface area contributed by atoms with Gasteiger partial charge in [-0.3, -0.25) is 0 Å². The molecule has 98 valence electrons. The Hall–Kier alpha value is 0.0700. The lowest BCUT2D eigenvalue weighted by atomic mass is 9.66. The molecule has 1 heterocycles. The van der Waals surface area contributed by atoms with Gasteiger partial charge in [0.25, 0.3) is 0 Å². The predicted molar refractivity (Wildman–Crippen MR) is 59.4 cm³/mol. The van der Waals surface area contributed by atoms with Crippen LogP contribution >= 0.6 is 11.8 Å². The molecule has 3 rings (SSSR count). The number of thioether (sulfide) groups is 1. The third-order valence-corrected chi connectivity index (χ3v) is 7.35. The summed E-state index contributed by atoms with van der Waals surface area (Å²) < 4.78 is 53.1. The first-order valence-electron chi connectivity index (χ1n) is 6.08. The van der Waals surface area contributed by atoms with E-state index < -0.39 is 27.8 Å². The molecule has 0 aromatic heterocycles. The lowest BCUT2D eigenvalue weighted by molar-refractivity contribution is -0.152. The molecule has 1 saturated heterocycles. The van der Waals surface area contributed by atoms with Crippen LogP contribution in [0.5, 0.6) is 0 Å². The van der Waals surface area contributed by atoms with Crippen molar-refractivity contribution in [3.8, 4) is 0 Å². The molecule has 3 aliphatic rings. The Labute approximate surface area is 103 Å². The fraction of sp³-hybridized carbons (Fsp3) is 1.00. The lowest BCUT2D eigenvalue weighted by Crippen LogP contribution is -2.46.